The first-order chi connectivity index (χ1) is 12.1. The van der Waals surface area contributed by atoms with Crippen LogP contribution in [0.25, 0.3) is 0 Å². The van der Waals surface area contributed by atoms with E-state index in [1.54, 1.807) is 0 Å². The second-order valence-electron chi connectivity index (χ2n) is 8.05. The van der Waals surface area contributed by atoms with Gasteiger partial charge in [-0.2, -0.15) is 0 Å². The first-order valence-corrected chi connectivity index (χ1v) is 9.57. The summed E-state index contributed by atoms with van der Waals surface area (Å²) in [7, 11) is 1.46. The third-order valence-electron chi connectivity index (χ3n) is 6.89. The monoisotopic (exact) mass is 341 g/mol. The molecule has 2 aliphatic carbocycles. The molecule has 4 rings (SSSR count). The zero-order chi connectivity index (χ0) is 17.4. The van der Waals surface area contributed by atoms with Crippen molar-refractivity contribution in [2.75, 3.05) is 20.2 Å². The third-order valence-corrected chi connectivity index (χ3v) is 6.89. The fourth-order valence-electron chi connectivity index (χ4n) is 5.45. The van der Waals surface area contributed by atoms with Crippen molar-refractivity contribution in [3.63, 3.8) is 0 Å². The number of rotatable bonds is 3. The molecular weight excluding hydrogens is 314 g/mol. The lowest BCUT2D eigenvalue weighted by atomic mass is 9.72. The van der Waals surface area contributed by atoms with Crippen LogP contribution < -0.4 is 0 Å². The highest BCUT2D eigenvalue weighted by molar-refractivity contribution is 5.84. The quantitative estimate of drug-likeness (QED) is 0.794. The van der Waals surface area contributed by atoms with E-state index in [2.05, 4.69) is 0 Å². The summed E-state index contributed by atoms with van der Waals surface area (Å²) in [4.78, 5) is 27.6. The van der Waals surface area contributed by atoms with E-state index >= 15 is 0 Å². The molecular formula is C21H27NO3. The second-order valence-corrected chi connectivity index (χ2v) is 8.05. The number of benzene rings is 1. The van der Waals surface area contributed by atoms with Crippen molar-refractivity contribution in [1.82, 2.24) is 4.90 Å². The Labute approximate surface area is 149 Å². The van der Waals surface area contributed by atoms with Crippen molar-refractivity contribution in [2.24, 2.45) is 17.8 Å². The van der Waals surface area contributed by atoms with Gasteiger partial charge >= 0.3 is 5.97 Å². The van der Waals surface area contributed by atoms with Gasteiger partial charge in [-0.05, 0) is 49.5 Å². The van der Waals surface area contributed by atoms with E-state index in [4.69, 9.17) is 4.74 Å². The Morgan fingerprint density at radius 1 is 1.08 bits per heavy atom. The summed E-state index contributed by atoms with van der Waals surface area (Å²) in [6.07, 6.45) is 6.17. The molecule has 4 nitrogen and oxygen atoms in total. The second kappa shape index (κ2) is 6.47. The van der Waals surface area contributed by atoms with Crippen LogP contribution in [0.1, 0.15) is 44.1 Å². The van der Waals surface area contributed by atoms with Crippen molar-refractivity contribution >= 4 is 11.9 Å². The number of fused-ring (bicyclic) bond motifs is 2. The number of carbonyl (C=O) groups is 2. The van der Waals surface area contributed by atoms with Crippen molar-refractivity contribution in [3.8, 4) is 0 Å². The van der Waals surface area contributed by atoms with Gasteiger partial charge in [-0.15, -0.1) is 0 Å². The molecule has 0 aromatic heterocycles. The lowest BCUT2D eigenvalue weighted by Gasteiger charge is -2.41. The number of ether oxygens (including phenoxy) is 1. The Bertz CT molecular complexity index is 648. The van der Waals surface area contributed by atoms with Crippen molar-refractivity contribution in [3.05, 3.63) is 35.9 Å². The van der Waals surface area contributed by atoms with Gasteiger partial charge in [0.2, 0.25) is 5.91 Å². The number of piperidine rings is 1. The number of likely N-dealkylation sites (tertiary alicyclic amines) is 1. The van der Waals surface area contributed by atoms with Crippen LogP contribution in [0.2, 0.25) is 0 Å². The van der Waals surface area contributed by atoms with Gasteiger partial charge in [0.1, 0.15) is 0 Å². The Morgan fingerprint density at radius 3 is 2.36 bits per heavy atom. The van der Waals surface area contributed by atoms with Gasteiger partial charge in [0, 0.05) is 19.0 Å². The molecule has 2 bridgehead atoms. The lowest BCUT2D eigenvalue weighted by Crippen LogP contribution is -2.51. The van der Waals surface area contributed by atoms with Crippen LogP contribution in [-0.2, 0) is 19.7 Å². The zero-order valence-corrected chi connectivity index (χ0v) is 14.9. The van der Waals surface area contributed by atoms with E-state index < -0.39 is 5.41 Å². The predicted octanol–water partition coefficient (Wildman–Crippen LogP) is 3.16. The molecule has 0 radical (unpaired) electrons. The predicted molar refractivity (Wildman–Crippen MR) is 94.9 cm³/mol. The summed E-state index contributed by atoms with van der Waals surface area (Å²) >= 11 is 0. The van der Waals surface area contributed by atoms with Gasteiger partial charge in [0.25, 0.3) is 0 Å². The molecule has 2 saturated carbocycles. The van der Waals surface area contributed by atoms with Gasteiger partial charge in [0.05, 0.1) is 12.5 Å². The molecule has 3 aliphatic rings. The van der Waals surface area contributed by atoms with E-state index in [1.807, 2.05) is 35.2 Å². The Morgan fingerprint density at radius 2 is 1.80 bits per heavy atom. The number of amides is 1. The van der Waals surface area contributed by atoms with Gasteiger partial charge in [-0.1, -0.05) is 36.8 Å². The van der Waals surface area contributed by atoms with Gasteiger partial charge in [0.15, 0.2) is 0 Å². The Balaban J connectivity index is 1.49. The molecule has 1 amide bonds. The summed E-state index contributed by atoms with van der Waals surface area (Å²) in [5, 5.41) is 0. The summed E-state index contributed by atoms with van der Waals surface area (Å²) in [5.41, 5.74) is 0.399. The number of methoxy groups -OCH3 is 1. The molecule has 1 aromatic rings. The SMILES string of the molecule is COC(=O)C1(c2ccccc2)CCN(C(=O)[C@H]2C[C@H]3CC[C@H]2C3)CC1. The number of carbonyl (C=O) groups excluding carboxylic acids is 2. The Kier molecular flexibility index (Phi) is 4.30. The molecule has 4 heteroatoms. The maximum absolute atomic E-state index is 13.0. The maximum Gasteiger partial charge on any atom is 0.316 e. The first-order valence-electron chi connectivity index (χ1n) is 9.57. The topological polar surface area (TPSA) is 46.6 Å². The molecule has 0 unspecified atom stereocenters. The van der Waals surface area contributed by atoms with Crippen molar-refractivity contribution < 1.29 is 14.3 Å². The van der Waals surface area contributed by atoms with Gasteiger partial charge < -0.3 is 9.64 Å². The zero-order valence-electron chi connectivity index (χ0n) is 14.9. The summed E-state index contributed by atoms with van der Waals surface area (Å²) in [6.45, 7) is 1.30. The average Bonchev–Trinajstić information content (AvgIpc) is 3.31. The highest BCUT2D eigenvalue weighted by Crippen LogP contribution is 2.49. The largest absolute Gasteiger partial charge is 0.468 e. The molecule has 3 atom stereocenters. The molecule has 134 valence electrons. The normalized spacial score (nSPS) is 30.3. The number of hydrogen-bond acceptors (Lipinski definition) is 3. The molecule has 1 heterocycles. The summed E-state index contributed by atoms with van der Waals surface area (Å²) in [6, 6.07) is 9.90. The van der Waals surface area contributed by atoms with Crippen LogP contribution in [0.5, 0.6) is 0 Å². The third kappa shape index (κ3) is 2.76. The van der Waals surface area contributed by atoms with Crippen molar-refractivity contribution in [2.45, 2.75) is 43.9 Å². The van der Waals surface area contributed by atoms with Gasteiger partial charge in [-0.25, -0.2) is 0 Å². The molecule has 1 aliphatic heterocycles. The van der Waals surface area contributed by atoms with Crippen LogP contribution in [0, 0.1) is 17.8 Å². The summed E-state index contributed by atoms with van der Waals surface area (Å²) in [5.74, 6) is 1.78. The molecule has 3 fully saturated rings. The van der Waals surface area contributed by atoms with Crippen LogP contribution in [0.3, 0.4) is 0 Å². The minimum atomic E-state index is -0.610. The fraction of sp³-hybridized carbons (Fsp3) is 0.619. The smallest absolute Gasteiger partial charge is 0.316 e. The molecule has 1 saturated heterocycles. The highest BCUT2D eigenvalue weighted by atomic mass is 16.5. The minimum Gasteiger partial charge on any atom is -0.468 e. The molecule has 0 N–H and O–H groups in total. The minimum absolute atomic E-state index is 0.175. The van der Waals surface area contributed by atoms with Gasteiger partial charge in [-0.3, -0.25) is 9.59 Å². The molecule has 1 aromatic carbocycles. The summed E-state index contributed by atoms with van der Waals surface area (Å²) < 4.78 is 5.14. The lowest BCUT2D eigenvalue weighted by molar-refractivity contribution is -0.152. The molecule has 25 heavy (non-hydrogen) atoms. The van der Waals surface area contributed by atoms with Crippen LogP contribution in [0.4, 0.5) is 0 Å². The maximum atomic E-state index is 13.0. The number of esters is 1. The van der Waals surface area contributed by atoms with E-state index in [1.165, 1.54) is 26.4 Å². The van der Waals surface area contributed by atoms with Crippen molar-refractivity contribution in [1.29, 1.82) is 0 Å². The first kappa shape index (κ1) is 16.6. The number of nitrogens with zero attached hydrogens (tertiary/aromatic N) is 1. The van der Waals surface area contributed by atoms with E-state index in [0.29, 0.717) is 37.8 Å². The standard InChI is InChI=1S/C21H27NO3/c1-25-20(24)21(17-5-3-2-4-6-17)9-11-22(12-10-21)19(23)18-14-15-7-8-16(18)13-15/h2-6,15-16,18H,7-14H2,1H3/t15-,16-,18-/m0/s1. The fourth-order valence-corrected chi connectivity index (χ4v) is 5.45. The van der Waals surface area contributed by atoms with E-state index in [-0.39, 0.29) is 11.9 Å². The van der Waals surface area contributed by atoms with Crippen LogP contribution in [-0.4, -0.2) is 37.0 Å². The van der Waals surface area contributed by atoms with E-state index in [0.717, 1.165) is 17.9 Å². The Hall–Kier alpha value is -1.84. The number of hydrogen-bond donors (Lipinski definition) is 0. The average molecular weight is 341 g/mol. The molecule has 0 spiro atoms. The van der Waals surface area contributed by atoms with E-state index in [9.17, 15) is 9.59 Å². The van der Waals surface area contributed by atoms with Crippen LogP contribution >= 0.6 is 0 Å². The van der Waals surface area contributed by atoms with Crippen LogP contribution in [0.15, 0.2) is 30.3 Å². The highest BCUT2D eigenvalue weighted by Gasteiger charge is 2.48.